The molecule has 2 aromatic heterocycles. The largest absolute Gasteiger partial charge is 0.421 e. The van der Waals surface area contributed by atoms with Crippen molar-refractivity contribution < 1.29 is 14.1 Å². The molecule has 3 aromatic rings. The second kappa shape index (κ2) is 5.55. The van der Waals surface area contributed by atoms with E-state index >= 15 is 0 Å². The number of nitrogens with zero attached hydrogens (tertiary/aromatic N) is 2. The average molecular weight is 300 g/mol. The molecule has 1 saturated heterocycles. The number of benzene rings is 1. The molecule has 1 fully saturated rings. The molecule has 0 amide bonds. The van der Waals surface area contributed by atoms with Crippen molar-refractivity contribution in [2.75, 3.05) is 32.8 Å². The molecule has 1 aliphatic heterocycles. The van der Waals surface area contributed by atoms with Crippen LogP contribution in [0.5, 0.6) is 0 Å². The Morgan fingerprint density at radius 1 is 1.23 bits per heavy atom. The van der Waals surface area contributed by atoms with Crippen molar-refractivity contribution in [3.05, 3.63) is 41.0 Å². The van der Waals surface area contributed by atoms with Gasteiger partial charge in [-0.3, -0.25) is 0 Å². The Morgan fingerprint density at radius 2 is 2.05 bits per heavy atom. The van der Waals surface area contributed by atoms with E-state index in [9.17, 15) is 4.79 Å². The summed E-state index contributed by atoms with van der Waals surface area (Å²) in [5.41, 5.74) is 1.53. The summed E-state index contributed by atoms with van der Waals surface area (Å²) in [7, 11) is 0. The van der Waals surface area contributed by atoms with Crippen LogP contribution in [0.15, 0.2) is 39.8 Å². The van der Waals surface area contributed by atoms with E-state index in [0.717, 1.165) is 50.3 Å². The Hall–Kier alpha value is -2.18. The van der Waals surface area contributed by atoms with Crippen LogP contribution in [0, 0.1) is 0 Å². The summed E-state index contributed by atoms with van der Waals surface area (Å²) < 4.78 is 12.8. The van der Waals surface area contributed by atoms with Crippen LogP contribution in [0.4, 0.5) is 0 Å². The smallest absolute Gasteiger partial charge is 0.364 e. The number of nitrogens with one attached hydrogen (secondary N) is 1. The third kappa shape index (κ3) is 2.30. The topological polar surface area (TPSA) is 61.7 Å². The zero-order valence-electron chi connectivity index (χ0n) is 12.2. The second-order valence-electron chi connectivity index (χ2n) is 5.63. The van der Waals surface area contributed by atoms with Crippen molar-refractivity contribution in [2.24, 2.45) is 0 Å². The molecule has 1 N–H and O–H groups in total. The van der Waals surface area contributed by atoms with Gasteiger partial charge in [0.25, 0.3) is 0 Å². The first-order valence-electron chi connectivity index (χ1n) is 7.61. The number of ether oxygens (including phenoxy) is 1. The van der Waals surface area contributed by atoms with E-state index < -0.39 is 0 Å². The van der Waals surface area contributed by atoms with Gasteiger partial charge in [0, 0.05) is 5.39 Å². The quantitative estimate of drug-likeness (QED) is 0.695. The van der Waals surface area contributed by atoms with Gasteiger partial charge in [-0.05, 0) is 12.1 Å². The summed E-state index contributed by atoms with van der Waals surface area (Å²) in [5.74, 6) is 0. The van der Waals surface area contributed by atoms with Gasteiger partial charge in [-0.15, -0.1) is 0 Å². The Labute approximate surface area is 126 Å². The summed E-state index contributed by atoms with van der Waals surface area (Å²) >= 11 is 0. The Bertz CT molecular complexity index is 862. The first-order chi connectivity index (χ1) is 10.8. The van der Waals surface area contributed by atoms with Gasteiger partial charge in [0.05, 0.1) is 38.1 Å². The number of rotatable bonds is 3. The zero-order chi connectivity index (χ0) is 14.9. The summed E-state index contributed by atoms with van der Waals surface area (Å²) in [6, 6.07) is 7.61. The molecular weight excluding hydrogens is 282 g/mol. The second-order valence-corrected chi connectivity index (χ2v) is 5.63. The maximum absolute atomic E-state index is 12.0. The Kier molecular flexibility index (Phi) is 3.40. The lowest BCUT2D eigenvalue weighted by Gasteiger charge is -2.23. The maximum atomic E-state index is 12.0. The van der Waals surface area contributed by atoms with Crippen LogP contribution in [-0.4, -0.2) is 42.4 Å². The summed E-state index contributed by atoms with van der Waals surface area (Å²) in [6.07, 6.45) is 1.74. The van der Waals surface area contributed by atoms with Crippen LogP contribution in [0.2, 0.25) is 0 Å². The fourth-order valence-electron chi connectivity index (χ4n) is 3.07. The molecule has 0 radical (unpaired) electrons. The van der Waals surface area contributed by atoms with Crippen LogP contribution in [0.25, 0.3) is 22.0 Å². The first-order valence-corrected chi connectivity index (χ1v) is 7.61. The first kappa shape index (κ1) is 13.5. The standard InChI is InChI=1S/C16H17N3O3/c20-16-14-15(12-3-1-2-4-13(12)22-16)19(11-17-14)6-5-18-7-9-21-10-8-18/h1-4,11H,5-10H2/p+1. The Morgan fingerprint density at radius 3 is 2.91 bits per heavy atom. The SMILES string of the molecule is O=c1oc2ccccc2c2c1ncn2CC[NH+]1CCOCC1. The van der Waals surface area contributed by atoms with Crippen LogP contribution >= 0.6 is 0 Å². The number of fused-ring (bicyclic) bond motifs is 3. The lowest BCUT2D eigenvalue weighted by molar-refractivity contribution is -0.908. The zero-order valence-corrected chi connectivity index (χ0v) is 12.2. The third-order valence-electron chi connectivity index (χ3n) is 4.28. The van der Waals surface area contributed by atoms with E-state index in [-0.39, 0.29) is 5.63 Å². The Balaban J connectivity index is 1.73. The molecule has 3 heterocycles. The van der Waals surface area contributed by atoms with Crippen molar-refractivity contribution in [3.8, 4) is 0 Å². The molecule has 4 rings (SSSR count). The third-order valence-corrected chi connectivity index (χ3v) is 4.28. The molecule has 0 atom stereocenters. The lowest BCUT2D eigenvalue weighted by Crippen LogP contribution is -3.14. The number of para-hydroxylation sites is 1. The van der Waals surface area contributed by atoms with E-state index in [0.29, 0.717) is 11.1 Å². The molecule has 1 aliphatic rings. The normalized spacial score (nSPS) is 16.5. The van der Waals surface area contributed by atoms with Gasteiger partial charge < -0.3 is 18.6 Å². The van der Waals surface area contributed by atoms with Crippen molar-refractivity contribution >= 4 is 22.0 Å². The summed E-state index contributed by atoms with van der Waals surface area (Å²) in [5, 5.41) is 0.937. The van der Waals surface area contributed by atoms with Gasteiger partial charge in [-0.25, -0.2) is 9.78 Å². The molecule has 0 bridgehead atoms. The molecular formula is C16H18N3O3+. The van der Waals surface area contributed by atoms with Crippen molar-refractivity contribution in [1.29, 1.82) is 0 Å². The number of hydrogen-bond donors (Lipinski definition) is 1. The van der Waals surface area contributed by atoms with Crippen LogP contribution in [0.3, 0.4) is 0 Å². The molecule has 114 valence electrons. The van der Waals surface area contributed by atoms with Gasteiger partial charge in [0.2, 0.25) is 0 Å². The fraction of sp³-hybridized carbons (Fsp3) is 0.375. The van der Waals surface area contributed by atoms with E-state index in [1.807, 2.05) is 24.3 Å². The van der Waals surface area contributed by atoms with E-state index in [1.54, 1.807) is 6.33 Å². The van der Waals surface area contributed by atoms with Crippen molar-refractivity contribution in [2.45, 2.75) is 6.54 Å². The molecule has 1 aromatic carbocycles. The molecule has 0 saturated carbocycles. The van der Waals surface area contributed by atoms with Crippen LogP contribution in [0.1, 0.15) is 0 Å². The average Bonchev–Trinajstić information content (AvgIpc) is 2.99. The highest BCUT2D eigenvalue weighted by molar-refractivity contribution is 6.00. The summed E-state index contributed by atoms with van der Waals surface area (Å²) in [4.78, 5) is 17.8. The maximum Gasteiger partial charge on any atom is 0.364 e. The van der Waals surface area contributed by atoms with Gasteiger partial charge in [-0.1, -0.05) is 12.1 Å². The number of hydrogen-bond acceptors (Lipinski definition) is 4. The predicted octanol–water partition coefficient (Wildman–Crippen LogP) is 0.0578. The summed E-state index contributed by atoms with van der Waals surface area (Å²) in [6.45, 7) is 5.56. The minimum atomic E-state index is -0.369. The molecule has 0 unspecified atom stereocenters. The molecule has 0 spiro atoms. The highest BCUT2D eigenvalue weighted by Crippen LogP contribution is 2.21. The van der Waals surface area contributed by atoms with Gasteiger partial charge in [0.15, 0.2) is 5.52 Å². The van der Waals surface area contributed by atoms with Gasteiger partial charge >= 0.3 is 5.63 Å². The number of aromatic nitrogens is 2. The van der Waals surface area contributed by atoms with Gasteiger partial charge in [0.1, 0.15) is 18.7 Å². The predicted molar refractivity (Wildman–Crippen MR) is 82.2 cm³/mol. The van der Waals surface area contributed by atoms with Crippen molar-refractivity contribution in [3.63, 3.8) is 0 Å². The van der Waals surface area contributed by atoms with Crippen LogP contribution < -0.4 is 10.5 Å². The minimum absolute atomic E-state index is 0.369. The van der Waals surface area contributed by atoms with Crippen LogP contribution in [-0.2, 0) is 11.3 Å². The van der Waals surface area contributed by atoms with E-state index in [4.69, 9.17) is 9.15 Å². The number of imidazole rings is 1. The molecule has 0 aliphatic carbocycles. The number of morpholine rings is 1. The molecule has 6 nitrogen and oxygen atoms in total. The fourth-order valence-corrected chi connectivity index (χ4v) is 3.07. The van der Waals surface area contributed by atoms with E-state index in [1.165, 1.54) is 4.90 Å². The number of quaternary nitrogens is 1. The van der Waals surface area contributed by atoms with Crippen molar-refractivity contribution in [1.82, 2.24) is 9.55 Å². The highest BCUT2D eigenvalue weighted by atomic mass is 16.5. The monoisotopic (exact) mass is 300 g/mol. The van der Waals surface area contributed by atoms with Gasteiger partial charge in [-0.2, -0.15) is 0 Å². The molecule has 6 heteroatoms. The minimum Gasteiger partial charge on any atom is -0.421 e. The highest BCUT2D eigenvalue weighted by Gasteiger charge is 2.16. The van der Waals surface area contributed by atoms with E-state index in [2.05, 4.69) is 9.55 Å². The molecule has 22 heavy (non-hydrogen) atoms. The lowest BCUT2D eigenvalue weighted by atomic mass is 10.2.